The van der Waals surface area contributed by atoms with Gasteiger partial charge in [-0.3, -0.25) is 0 Å². The van der Waals surface area contributed by atoms with Gasteiger partial charge < -0.3 is 10.2 Å². The molecule has 19 heavy (non-hydrogen) atoms. The van der Waals surface area contributed by atoms with Crippen molar-refractivity contribution in [3.8, 4) is 0 Å². The molecule has 1 aliphatic carbocycles. The van der Waals surface area contributed by atoms with E-state index in [0.29, 0.717) is 0 Å². The van der Waals surface area contributed by atoms with Crippen LogP contribution in [0.2, 0.25) is 0 Å². The first kappa shape index (κ1) is 14.5. The largest absolute Gasteiger partial charge is 0.318 e. The fourth-order valence-corrected chi connectivity index (χ4v) is 3.24. The van der Waals surface area contributed by atoms with Gasteiger partial charge in [-0.25, -0.2) is 0 Å². The molecule has 0 radical (unpaired) electrons. The summed E-state index contributed by atoms with van der Waals surface area (Å²) in [7, 11) is 2.04. The molecule has 1 atom stereocenters. The van der Waals surface area contributed by atoms with E-state index in [1.54, 1.807) is 11.1 Å². The zero-order valence-corrected chi connectivity index (χ0v) is 12.5. The lowest BCUT2D eigenvalue weighted by molar-refractivity contribution is 0.249. The van der Waals surface area contributed by atoms with Gasteiger partial charge >= 0.3 is 0 Å². The third-order valence-electron chi connectivity index (χ3n) is 4.19. The van der Waals surface area contributed by atoms with E-state index in [9.17, 15) is 0 Å². The summed E-state index contributed by atoms with van der Waals surface area (Å²) in [6.07, 6.45) is 5.24. The Morgan fingerprint density at radius 1 is 1.26 bits per heavy atom. The Morgan fingerprint density at radius 3 is 2.89 bits per heavy atom. The van der Waals surface area contributed by atoms with Gasteiger partial charge in [0.2, 0.25) is 0 Å². The molecular formula is C17H28N2. The lowest BCUT2D eigenvalue weighted by Gasteiger charge is -2.31. The van der Waals surface area contributed by atoms with Crippen molar-refractivity contribution in [2.75, 3.05) is 33.2 Å². The molecule has 106 valence electrons. The fourth-order valence-electron chi connectivity index (χ4n) is 3.24. The molecule has 2 heteroatoms. The van der Waals surface area contributed by atoms with Crippen LogP contribution in [0.25, 0.3) is 0 Å². The molecule has 2 rings (SSSR count). The van der Waals surface area contributed by atoms with Crippen molar-refractivity contribution in [3.05, 3.63) is 35.4 Å². The molecule has 0 saturated carbocycles. The van der Waals surface area contributed by atoms with E-state index in [1.165, 1.54) is 45.3 Å². The predicted molar refractivity (Wildman–Crippen MR) is 82.8 cm³/mol. The van der Waals surface area contributed by atoms with Crippen LogP contribution in [0.3, 0.4) is 0 Å². The number of aryl methyl sites for hydroxylation is 1. The van der Waals surface area contributed by atoms with Crippen molar-refractivity contribution >= 4 is 0 Å². The van der Waals surface area contributed by atoms with Crippen LogP contribution in [-0.4, -0.2) is 38.1 Å². The number of fused-ring (bicyclic) bond motifs is 1. The van der Waals surface area contributed by atoms with Gasteiger partial charge in [0.1, 0.15) is 0 Å². The van der Waals surface area contributed by atoms with Crippen molar-refractivity contribution in [1.29, 1.82) is 0 Å². The molecule has 1 aromatic rings. The fraction of sp³-hybridized carbons (Fsp3) is 0.647. The summed E-state index contributed by atoms with van der Waals surface area (Å²) < 4.78 is 0. The number of likely N-dealkylation sites (N-methyl/N-ethyl adjacent to an activating group) is 1. The van der Waals surface area contributed by atoms with E-state index in [2.05, 4.69) is 41.4 Å². The van der Waals surface area contributed by atoms with Crippen LogP contribution in [-0.2, 0) is 6.42 Å². The van der Waals surface area contributed by atoms with E-state index < -0.39 is 0 Å². The van der Waals surface area contributed by atoms with Crippen LogP contribution in [0.15, 0.2) is 24.3 Å². The first-order valence-corrected chi connectivity index (χ1v) is 7.80. The van der Waals surface area contributed by atoms with Crippen LogP contribution in [0.1, 0.15) is 43.2 Å². The van der Waals surface area contributed by atoms with Crippen molar-refractivity contribution in [1.82, 2.24) is 10.2 Å². The van der Waals surface area contributed by atoms with E-state index in [0.717, 1.165) is 12.5 Å². The number of hydrogen-bond acceptors (Lipinski definition) is 2. The molecule has 0 spiro atoms. The number of benzene rings is 1. The first-order valence-electron chi connectivity index (χ1n) is 7.80. The minimum Gasteiger partial charge on any atom is -0.318 e. The van der Waals surface area contributed by atoms with Gasteiger partial charge in [-0.15, -0.1) is 0 Å². The minimum absolute atomic E-state index is 0.744. The predicted octanol–water partition coefficient (Wildman–Crippen LogP) is 3.04. The number of rotatable bonds is 7. The molecule has 1 unspecified atom stereocenters. The monoisotopic (exact) mass is 260 g/mol. The summed E-state index contributed by atoms with van der Waals surface area (Å²) in [6.45, 7) is 6.99. The van der Waals surface area contributed by atoms with Crippen LogP contribution < -0.4 is 5.32 Å². The SMILES string of the molecule is CCCN(CCNC)CC1CCCc2ccccc21. The molecule has 0 saturated heterocycles. The highest BCUT2D eigenvalue weighted by molar-refractivity contribution is 5.32. The van der Waals surface area contributed by atoms with E-state index in [4.69, 9.17) is 0 Å². The number of nitrogens with one attached hydrogen (secondary N) is 1. The second-order valence-electron chi connectivity index (χ2n) is 5.69. The van der Waals surface area contributed by atoms with Gasteiger partial charge in [-0.05, 0) is 56.3 Å². The highest BCUT2D eigenvalue weighted by Crippen LogP contribution is 2.31. The van der Waals surface area contributed by atoms with E-state index in [-0.39, 0.29) is 0 Å². The zero-order chi connectivity index (χ0) is 13.5. The van der Waals surface area contributed by atoms with Gasteiger partial charge in [0, 0.05) is 19.6 Å². The average Bonchev–Trinajstić information content (AvgIpc) is 2.45. The van der Waals surface area contributed by atoms with Crippen LogP contribution in [0.5, 0.6) is 0 Å². The topological polar surface area (TPSA) is 15.3 Å². The summed E-state index contributed by atoms with van der Waals surface area (Å²) in [5, 5.41) is 3.27. The van der Waals surface area contributed by atoms with Crippen molar-refractivity contribution in [3.63, 3.8) is 0 Å². The third-order valence-corrected chi connectivity index (χ3v) is 4.19. The zero-order valence-electron chi connectivity index (χ0n) is 12.5. The molecule has 0 fully saturated rings. The molecule has 1 N–H and O–H groups in total. The maximum Gasteiger partial charge on any atom is 0.0107 e. The lowest BCUT2D eigenvalue weighted by Crippen LogP contribution is -2.35. The van der Waals surface area contributed by atoms with Gasteiger partial charge in [0.25, 0.3) is 0 Å². The van der Waals surface area contributed by atoms with Gasteiger partial charge in [0.05, 0.1) is 0 Å². The molecule has 1 aliphatic rings. The molecule has 1 aromatic carbocycles. The Bertz CT molecular complexity index is 375. The first-order chi connectivity index (χ1) is 9.35. The van der Waals surface area contributed by atoms with Crippen molar-refractivity contribution in [2.24, 2.45) is 0 Å². The highest BCUT2D eigenvalue weighted by atomic mass is 15.1. The van der Waals surface area contributed by atoms with E-state index >= 15 is 0 Å². The van der Waals surface area contributed by atoms with Crippen molar-refractivity contribution < 1.29 is 0 Å². The average molecular weight is 260 g/mol. The Kier molecular flexibility index (Phi) is 5.87. The smallest absolute Gasteiger partial charge is 0.0107 e. The molecule has 0 aromatic heterocycles. The molecule has 0 aliphatic heterocycles. The normalized spacial score (nSPS) is 18.6. The lowest BCUT2D eigenvalue weighted by atomic mass is 9.82. The summed E-state index contributed by atoms with van der Waals surface area (Å²) in [6, 6.07) is 9.06. The summed E-state index contributed by atoms with van der Waals surface area (Å²) in [5.74, 6) is 0.744. The molecule has 0 bridgehead atoms. The second kappa shape index (κ2) is 7.66. The third kappa shape index (κ3) is 4.05. The molecule has 0 amide bonds. The van der Waals surface area contributed by atoms with Gasteiger partial charge in [0.15, 0.2) is 0 Å². The number of nitrogens with zero attached hydrogens (tertiary/aromatic N) is 1. The summed E-state index contributed by atoms with van der Waals surface area (Å²) in [4.78, 5) is 2.63. The highest BCUT2D eigenvalue weighted by Gasteiger charge is 2.21. The van der Waals surface area contributed by atoms with Crippen LogP contribution in [0.4, 0.5) is 0 Å². The van der Waals surface area contributed by atoms with E-state index in [1.807, 2.05) is 7.05 Å². The Hall–Kier alpha value is -0.860. The molecule has 0 heterocycles. The van der Waals surface area contributed by atoms with Crippen LogP contribution >= 0.6 is 0 Å². The Morgan fingerprint density at radius 2 is 2.11 bits per heavy atom. The van der Waals surface area contributed by atoms with Gasteiger partial charge in [-0.1, -0.05) is 31.2 Å². The van der Waals surface area contributed by atoms with Gasteiger partial charge in [-0.2, -0.15) is 0 Å². The Labute approximate surface area is 118 Å². The molecule has 2 nitrogen and oxygen atoms in total. The second-order valence-corrected chi connectivity index (χ2v) is 5.69. The quantitative estimate of drug-likeness (QED) is 0.810. The maximum absolute atomic E-state index is 3.27. The summed E-state index contributed by atoms with van der Waals surface area (Å²) in [5.41, 5.74) is 3.20. The minimum atomic E-state index is 0.744. The summed E-state index contributed by atoms with van der Waals surface area (Å²) >= 11 is 0. The Balaban J connectivity index is 2.01. The molecular weight excluding hydrogens is 232 g/mol. The number of hydrogen-bond donors (Lipinski definition) is 1. The standard InChI is InChI=1S/C17H28N2/c1-3-12-19(13-11-18-2)14-16-9-6-8-15-7-4-5-10-17(15)16/h4-5,7,10,16,18H,3,6,8-9,11-14H2,1-2H3. The maximum atomic E-state index is 3.27. The van der Waals surface area contributed by atoms with Crippen molar-refractivity contribution in [2.45, 2.75) is 38.5 Å². The van der Waals surface area contributed by atoms with Crippen LogP contribution in [0, 0.1) is 0 Å².